The smallest absolute Gasteiger partial charge is 0.405 e. The molecule has 19 heavy (non-hydrogen) atoms. The van der Waals surface area contributed by atoms with E-state index in [1.165, 1.54) is 6.07 Å². The zero-order valence-corrected chi connectivity index (χ0v) is 10.6. The van der Waals surface area contributed by atoms with Crippen molar-refractivity contribution in [3.63, 3.8) is 0 Å². The van der Waals surface area contributed by atoms with Crippen LogP contribution in [0.1, 0.15) is 6.92 Å². The fourth-order valence-electron chi connectivity index (χ4n) is 1.58. The second-order valence-electron chi connectivity index (χ2n) is 3.87. The second-order valence-corrected chi connectivity index (χ2v) is 4.84. The zero-order valence-electron chi connectivity index (χ0n) is 9.77. The fourth-order valence-corrected chi connectivity index (χ4v) is 2.39. The van der Waals surface area contributed by atoms with E-state index in [4.69, 9.17) is 9.47 Å². The van der Waals surface area contributed by atoms with Crippen LogP contribution in [-0.4, -0.2) is 21.9 Å². The van der Waals surface area contributed by atoms with Gasteiger partial charge in [-0.2, -0.15) is 9.37 Å². The molecule has 0 aliphatic carbocycles. The minimum absolute atomic E-state index is 0.0720. The molecule has 2 aromatic rings. The maximum absolute atomic E-state index is 13.5. The Labute approximate surface area is 110 Å². The SMILES string of the molecule is C=CC(=O)Nc1nc2cc3c(nc2s1)OC(C)(F)O3. The number of hydrogen-bond acceptors (Lipinski definition) is 6. The number of carbonyl (C=O) groups is 1. The first-order chi connectivity index (χ1) is 8.97. The topological polar surface area (TPSA) is 73.3 Å². The summed E-state index contributed by atoms with van der Waals surface area (Å²) in [5, 5.41) is 2.90. The van der Waals surface area contributed by atoms with Crippen LogP contribution in [0.2, 0.25) is 0 Å². The minimum Gasteiger partial charge on any atom is -0.421 e. The predicted molar refractivity (Wildman–Crippen MR) is 67.0 cm³/mol. The molecular formula is C11H8FN3O3S. The van der Waals surface area contributed by atoms with Gasteiger partial charge in [-0.1, -0.05) is 17.9 Å². The van der Waals surface area contributed by atoms with Crippen LogP contribution in [0, 0.1) is 0 Å². The van der Waals surface area contributed by atoms with Crippen molar-refractivity contribution in [1.29, 1.82) is 0 Å². The molecule has 0 saturated carbocycles. The molecule has 1 amide bonds. The van der Waals surface area contributed by atoms with Gasteiger partial charge in [-0.3, -0.25) is 10.1 Å². The summed E-state index contributed by atoms with van der Waals surface area (Å²) < 4.78 is 23.3. The average molecular weight is 281 g/mol. The van der Waals surface area contributed by atoms with E-state index in [0.29, 0.717) is 15.5 Å². The first-order valence-corrected chi connectivity index (χ1v) is 6.10. The lowest BCUT2D eigenvalue weighted by Crippen LogP contribution is -2.28. The Hall–Kier alpha value is -2.22. The first kappa shape index (κ1) is 11.8. The van der Waals surface area contributed by atoms with E-state index < -0.39 is 6.04 Å². The molecule has 1 aliphatic heterocycles. The zero-order chi connectivity index (χ0) is 13.6. The van der Waals surface area contributed by atoms with Gasteiger partial charge in [-0.05, 0) is 6.08 Å². The molecule has 0 bridgehead atoms. The minimum atomic E-state index is -2.21. The predicted octanol–water partition coefficient (Wildman–Crippen LogP) is 2.23. The number of aromatic nitrogens is 2. The molecule has 8 heteroatoms. The summed E-state index contributed by atoms with van der Waals surface area (Å²) in [5.41, 5.74) is 0.490. The van der Waals surface area contributed by atoms with E-state index in [2.05, 4.69) is 21.9 Å². The van der Waals surface area contributed by atoms with Gasteiger partial charge < -0.3 is 9.47 Å². The molecular weight excluding hydrogens is 273 g/mol. The Bertz CT molecular complexity index is 653. The third-order valence-corrected chi connectivity index (χ3v) is 3.18. The van der Waals surface area contributed by atoms with Crippen LogP contribution in [0.25, 0.3) is 10.3 Å². The lowest BCUT2D eigenvalue weighted by Gasteiger charge is -2.09. The van der Waals surface area contributed by atoms with Crippen molar-refractivity contribution in [2.45, 2.75) is 13.0 Å². The maximum Gasteiger partial charge on any atom is 0.405 e. The Balaban J connectivity index is 1.99. The lowest BCUT2D eigenvalue weighted by molar-refractivity contribution is -0.174. The van der Waals surface area contributed by atoms with Crippen molar-refractivity contribution in [1.82, 2.24) is 9.97 Å². The third-order valence-electron chi connectivity index (χ3n) is 2.30. The van der Waals surface area contributed by atoms with E-state index in [9.17, 15) is 9.18 Å². The van der Waals surface area contributed by atoms with E-state index in [1.807, 2.05) is 0 Å². The van der Waals surface area contributed by atoms with Gasteiger partial charge in [0.25, 0.3) is 5.88 Å². The maximum atomic E-state index is 13.5. The lowest BCUT2D eigenvalue weighted by atomic mass is 10.4. The quantitative estimate of drug-likeness (QED) is 0.854. The standard InChI is InChI=1S/C11H8FN3O3S/c1-3-7(16)14-10-13-5-4-6-8(15-9(5)19-10)18-11(2,12)17-6/h3-4H,1H2,2H3,(H,13,14,16). The number of anilines is 1. The fraction of sp³-hybridized carbons (Fsp3) is 0.182. The van der Waals surface area contributed by atoms with Crippen molar-refractivity contribution in [3.05, 3.63) is 18.7 Å². The summed E-state index contributed by atoms with van der Waals surface area (Å²) in [6.45, 7) is 4.49. The molecule has 0 fully saturated rings. The Morgan fingerprint density at radius 2 is 2.37 bits per heavy atom. The van der Waals surface area contributed by atoms with Crippen molar-refractivity contribution in [3.8, 4) is 11.6 Å². The van der Waals surface area contributed by atoms with Crippen molar-refractivity contribution >= 4 is 32.7 Å². The number of fused-ring (bicyclic) bond motifs is 2. The van der Waals surface area contributed by atoms with Gasteiger partial charge in [-0.25, -0.2) is 4.98 Å². The van der Waals surface area contributed by atoms with Crippen molar-refractivity contribution in [2.75, 3.05) is 5.32 Å². The van der Waals surface area contributed by atoms with Crippen LogP contribution in [0.5, 0.6) is 11.6 Å². The van der Waals surface area contributed by atoms with Gasteiger partial charge in [0.05, 0.1) is 0 Å². The van der Waals surface area contributed by atoms with Gasteiger partial charge in [0.2, 0.25) is 5.91 Å². The van der Waals surface area contributed by atoms with E-state index in [-0.39, 0.29) is 17.5 Å². The van der Waals surface area contributed by atoms with Crippen molar-refractivity contribution in [2.24, 2.45) is 0 Å². The second kappa shape index (κ2) is 3.89. The van der Waals surface area contributed by atoms with Gasteiger partial charge in [0, 0.05) is 13.0 Å². The van der Waals surface area contributed by atoms with E-state index in [0.717, 1.165) is 24.3 Å². The first-order valence-electron chi connectivity index (χ1n) is 5.29. The van der Waals surface area contributed by atoms with Crippen LogP contribution in [0.15, 0.2) is 18.7 Å². The highest BCUT2D eigenvalue weighted by atomic mass is 32.1. The number of rotatable bonds is 2. The van der Waals surface area contributed by atoms with Crippen molar-refractivity contribution < 1.29 is 18.7 Å². The van der Waals surface area contributed by atoms with E-state index >= 15 is 0 Å². The van der Waals surface area contributed by atoms with Gasteiger partial charge in [0.15, 0.2) is 10.9 Å². The molecule has 3 heterocycles. The largest absolute Gasteiger partial charge is 0.421 e. The molecule has 3 rings (SSSR count). The van der Waals surface area contributed by atoms with Crippen LogP contribution in [0.3, 0.4) is 0 Å². The van der Waals surface area contributed by atoms with Gasteiger partial charge in [0.1, 0.15) is 10.3 Å². The summed E-state index contributed by atoms with van der Waals surface area (Å²) in [7, 11) is 0. The van der Waals surface area contributed by atoms with Crippen LogP contribution < -0.4 is 14.8 Å². The third kappa shape index (κ3) is 2.10. The van der Waals surface area contributed by atoms with Gasteiger partial charge in [-0.15, -0.1) is 0 Å². The highest BCUT2D eigenvalue weighted by Crippen LogP contribution is 2.41. The monoisotopic (exact) mass is 281 g/mol. The molecule has 0 aromatic carbocycles. The molecule has 2 aromatic heterocycles. The molecule has 1 unspecified atom stereocenters. The average Bonchev–Trinajstić information content (AvgIpc) is 2.82. The summed E-state index contributed by atoms with van der Waals surface area (Å²) >= 11 is 1.15. The number of carbonyl (C=O) groups excluding carboxylic acids is 1. The number of nitrogens with one attached hydrogen (secondary N) is 1. The summed E-state index contributed by atoms with van der Waals surface area (Å²) in [4.78, 5) is 19.9. The summed E-state index contributed by atoms with van der Waals surface area (Å²) in [5.74, 6) is -0.109. The van der Waals surface area contributed by atoms with Crippen LogP contribution >= 0.6 is 11.3 Å². The Morgan fingerprint density at radius 3 is 3.11 bits per heavy atom. The Morgan fingerprint density at radius 1 is 1.58 bits per heavy atom. The number of pyridine rings is 1. The number of thiazole rings is 1. The number of nitrogens with zero attached hydrogens (tertiary/aromatic N) is 2. The molecule has 98 valence electrons. The molecule has 0 spiro atoms. The molecule has 1 aliphatic rings. The summed E-state index contributed by atoms with van der Waals surface area (Å²) in [6, 6.07) is -0.693. The normalized spacial score (nSPS) is 20.5. The highest BCUT2D eigenvalue weighted by molar-refractivity contribution is 7.22. The molecule has 6 nitrogen and oxygen atoms in total. The number of halogens is 1. The van der Waals surface area contributed by atoms with E-state index in [1.54, 1.807) is 0 Å². The number of hydrogen-bond donors (Lipinski definition) is 1. The number of alkyl halides is 1. The molecule has 1 N–H and O–H groups in total. The number of ether oxygens (including phenoxy) is 2. The molecule has 1 atom stereocenters. The Kier molecular flexibility index (Phi) is 2.42. The number of amides is 1. The molecule has 0 saturated heterocycles. The van der Waals surface area contributed by atoms with Crippen LogP contribution in [0.4, 0.5) is 9.52 Å². The highest BCUT2D eigenvalue weighted by Gasteiger charge is 2.38. The van der Waals surface area contributed by atoms with Crippen LogP contribution in [-0.2, 0) is 4.79 Å². The van der Waals surface area contributed by atoms with Gasteiger partial charge >= 0.3 is 6.04 Å². The summed E-state index contributed by atoms with van der Waals surface area (Å²) in [6.07, 6.45) is 1.14. The molecule has 0 radical (unpaired) electrons.